The Bertz CT molecular complexity index is 392. The summed E-state index contributed by atoms with van der Waals surface area (Å²) in [5.74, 6) is 0.335. The molecule has 3 N–H and O–H groups in total. The summed E-state index contributed by atoms with van der Waals surface area (Å²) in [6, 6.07) is 4.09. The Labute approximate surface area is 131 Å². The van der Waals surface area contributed by atoms with Crippen molar-refractivity contribution in [2.45, 2.75) is 18.9 Å². The summed E-state index contributed by atoms with van der Waals surface area (Å²) >= 11 is 0. The molecule has 7 heteroatoms. The van der Waals surface area contributed by atoms with Gasteiger partial charge < -0.3 is 15.8 Å². The molecule has 1 aliphatic rings. The first-order valence-electron chi connectivity index (χ1n) is 6.25. The molecule has 1 aliphatic heterocycles. The summed E-state index contributed by atoms with van der Waals surface area (Å²) in [4.78, 5) is 15.5. The van der Waals surface area contributed by atoms with Crippen molar-refractivity contribution in [3.8, 4) is 0 Å². The molecule has 0 radical (unpaired) electrons. The number of nitrogens with zero attached hydrogens (tertiary/aromatic N) is 1. The van der Waals surface area contributed by atoms with Gasteiger partial charge in [-0.1, -0.05) is 0 Å². The van der Waals surface area contributed by atoms with E-state index in [0.29, 0.717) is 32.1 Å². The highest BCUT2D eigenvalue weighted by molar-refractivity contribution is 5.85. The van der Waals surface area contributed by atoms with Crippen molar-refractivity contribution >= 4 is 30.7 Å². The van der Waals surface area contributed by atoms with E-state index in [9.17, 15) is 4.79 Å². The lowest BCUT2D eigenvalue weighted by atomic mass is 9.95. The van der Waals surface area contributed by atoms with E-state index in [-0.39, 0.29) is 36.8 Å². The van der Waals surface area contributed by atoms with Crippen LogP contribution in [0.1, 0.15) is 12.0 Å². The molecule has 0 bridgehead atoms. The van der Waals surface area contributed by atoms with Crippen LogP contribution in [0.5, 0.6) is 0 Å². The number of ether oxygens (including phenoxy) is 1. The van der Waals surface area contributed by atoms with E-state index in [4.69, 9.17) is 10.5 Å². The van der Waals surface area contributed by atoms with Gasteiger partial charge in [-0.15, -0.1) is 24.8 Å². The summed E-state index contributed by atoms with van der Waals surface area (Å²) in [6.07, 6.45) is 4.84. The SMILES string of the molecule is Cl.Cl.NCCC(=O)N[C@H]1COC[C@H]1Cc1ccncc1. The Kier molecular flexibility index (Phi) is 9.50. The molecule has 5 nitrogen and oxygen atoms in total. The second-order valence-electron chi connectivity index (χ2n) is 4.57. The number of pyridine rings is 1. The predicted molar refractivity (Wildman–Crippen MR) is 82.3 cm³/mol. The van der Waals surface area contributed by atoms with Crippen molar-refractivity contribution in [1.29, 1.82) is 0 Å². The molecule has 1 amide bonds. The zero-order chi connectivity index (χ0) is 12.8. The van der Waals surface area contributed by atoms with Crippen molar-refractivity contribution in [2.24, 2.45) is 11.7 Å². The zero-order valence-corrected chi connectivity index (χ0v) is 12.8. The molecule has 0 unspecified atom stereocenters. The molecule has 0 spiro atoms. The third-order valence-corrected chi connectivity index (χ3v) is 3.16. The molecule has 20 heavy (non-hydrogen) atoms. The van der Waals surface area contributed by atoms with Crippen molar-refractivity contribution < 1.29 is 9.53 Å². The van der Waals surface area contributed by atoms with Crippen LogP contribution in [0, 0.1) is 5.92 Å². The fourth-order valence-electron chi connectivity index (χ4n) is 2.19. The molecular weight excluding hydrogens is 301 g/mol. The van der Waals surface area contributed by atoms with E-state index < -0.39 is 0 Å². The minimum atomic E-state index is 0. The fourth-order valence-corrected chi connectivity index (χ4v) is 2.19. The molecule has 0 aromatic carbocycles. The third kappa shape index (κ3) is 5.63. The average molecular weight is 322 g/mol. The van der Waals surface area contributed by atoms with E-state index in [0.717, 1.165) is 6.42 Å². The van der Waals surface area contributed by atoms with Gasteiger partial charge in [-0.05, 0) is 24.1 Å². The van der Waals surface area contributed by atoms with Gasteiger partial charge in [0, 0.05) is 31.3 Å². The van der Waals surface area contributed by atoms with Gasteiger partial charge in [0.2, 0.25) is 5.91 Å². The first kappa shape index (κ1) is 19.1. The van der Waals surface area contributed by atoms with Crippen molar-refractivity contribution in [1.82, 2.24) is 10.3 Å². The van der Waals surface area contributed by atoms with E-state index >= 15 is 0 Å². The van der Waals surface area contributed by atoms with Crippen molar-refractivity contribution in [3.05, 3.63) is 30.1 Å². The third-order valence-electron chi connectivity index (χ3n) is 3.16. The van der Waals surface area contributed by atoms with Gasteiger partial charge in [0.1, 0.15) is 0 Å². The minimum Gasteiger partial charge on any atom is -0.379 e. The van der Waals surface area contributed by atoms with Gasteiger partial charge in [0.15, 0.2) is 0 Å². The standard InChI is InChI=1S/C13H19N3O2.2ClH/c14-4-1-13(17)16-12-9-18-8-11(12)7-10-2-5-15-6-3-10;;/h2-3,5-6,11-12H,1,4,7-9,14H2,(H,16,17);2*1H/t11-,12+;;/m1../s1. The van der Waals surface area contributed by atoms with Crippen LogP contribution in [-0.2, 0) is 16.0 Å². The van der Waals surface area contributed by atoms with E-state index in [1.807, 2.05) is 12.1 Å². The Morgan fingerprint density at radius 3 is 2.70 bits per heavy atom. The molecule has 114 valence electrons. The Morgan fingerprint density at radius 2 is 2.05 bits per heavy atom. The number of amides is 1. The van der Waals surface area contributed by atoms with Gasteiger partial charge in [0.05, 0.1) is 19.3 Å². The zero-order valence-electron chi connectivity index (χ0n) is 11.2. The molecule has 1 aromatic rings. The van der Waals surface area contributed by atoms with Gasteiger partial charge in [-0.2, -0.15) is 0 Å². The van der Waals surface area contributed by atoms with Crippen LogP contribution in [-0.4, -0.2) is 36.7 Å². The molecule has 1 aromatic heterocycles. The fraction of sp³-hybridized carbons (Fsp3) is 0.538. The van der Waals surface area contributed by atoms with Crippen LogP contribution < -0.4 is 11.1 Å². The second kappa shape index (κ2) is 9.94. The Hall–Kier alpha value is -0.880. The molecular formula is C13H21Cl2N3O2. The second-order valence-corrected chi connectivity index (χ2v) is 4.57. The molecule has 2 atom stereocenters. The Morgan fingerprint density at radius 1 is 1.35 bits per heavy atom. The highest BCUT2D eigenvalue weighted by Crippen LogP contribution is 2.18. The quantitative estimate of drug-likeness (QED) is 0.846. The molecule has 2 rings (SSSR count). The number of rotatable bonds is 5. The normalized spacial score (nSPS) is 20.6. The van der Waals surface area contributed by atoms with Gasteiger partial charge in [-0.3, -0.25) is 9.78 Å². The van der Waals surface area contributed by atoms with Crippen LogP contribution in [0.25, 0.3) is 0 Å². The van der Waals surface area contributed by atoms with E-state index in [1.165, 1.54) is 5.56 Å². The number of hydrogen-bond donors (Lipinski definition) is 2. The maximum atomic E-state index is 11.5. The first-order valence-corrected chi connectivity index (χ1v) is 6.25. The predicted octanol–water partition coefficient (Wildman–Crippen LogP) is 0.948. The highest BCUT2D eigenvalue weighted by Gasteiger charge is 2.29. The summed E-state index contributed by atoms with van der Waals surface area (Å²) in [5.41, 5.74) is 6.58. The summed E-state index contributed by atoms with van der Waals surface area (Å²) < 4.78 is 5.46. The maximum absolute atomic E-state index is 11.5. The molecule has 0 aliphatic carbocycles. The Balaban J connectivity index is 0.00000180. The number of carbonyl (C=O) groups is 1. The number of nitrogens with one attached hydrogen (secondary N) is 1. The monoisotopic (exact) mass is 321 g/mol. The summed E-state index contributed by atoms with van der Waals surface area (Å²) in [6.45, 7) is 1.66. The van der Waals surface area contributed by atoms with E-state index in [1.54, 1.807) is 12.4 Å². The van der Waals surface area contributed by atoms with Crippen LogP contribution in [0.4, 0.5) is 0 Å². The maximum Gasteiger partial charge on any atom is 0.221 e. The first-order chi connectivity index (χ1) is 8.79. The van der Waals surface area contributed by atoms with Crippen molar-refractivity contribution in [2.75, 3.05) is 19.8 Å². The smallest absolute Gasteiger partial charge is 0.221 e. The lowest BCUT2D eigenvalue weighted by Crippen LogP contribution is -2.41. The average Bonchev–Trinajstić information content (AvgIpc) is 2.78. The highest BCUT2D eigenvalue weighted by atomic mass is 35.5. The van der Waals surface area contributed by atoms with Crippen LogP contribution in [0.15, 0.2) is 24.5 Å². The number of aromatic nitrogens is 1. The van der Waals surface area contributed by atoms with Gasteiger partial charge in [-0.25, -0.2) is 0 Å². The van der Waals surface area contributed by atoms with Gasteiger partial charge >= 0.3 is 0 Å². The lowest BCUT2D eigenvalue weighted by Gasteiger charge is -2.19. The molecule has 0 saturated carbocycles. The number of nitrogens with two attached hydrogens (primary N) is 1. The van der Waals surface area contributed by atoms with Crippen LogP contribution >= 0.6 is 24.8 Å². The molecule has 2 heterocycles. The van der Waals surface area contributed by atoms with Crippen LogP contribution in [0.3, 0.4) is 0 Å². The summed E-state index contributed by atoms with van der Waals surface area (Å²) in [7, 11) is 0. The molecule has 1 saturated heterocycles. The number of carbonyl (C=O) groups excluding carboxylic acids is 1. The summed E-state index contributed by atoms with van der Waals surface area (Å²) in [5, 5.41) is 2.99. The number of halogens is 2. The minimum absolute atomic E-state index is 0. The number of hydrogen-bond acceptors (Lipinski definition) is 4. The van der Waals surface area contributed by atoms with Crippen molar-refractivity contribution in [3.63, 3.8) is 0 Å². The topological polar surface area (TPSA) is 77.2 Å². The van der Waals surface area contributed by atoms with Crippen LogP contribution in [0.2, 0.25) is 0 Å². The van der Waals surface area contributed by atoms with Gasteiger partial charge in [0.25, 0.3) is 0 Å². The molecule has 1 fully saturated rings. The van der Waals surface area contributed by atoms with E-state index in [2.05, 4.69) is 10.3 Å². The lowest BCUT2D eigenvalue weighted by molar-refractivity contribution is -0.121. The largest absolute Gasteiger partial charge is 0.379 e.